The van der Waals surface area contributed by atoms with Crippen LogP contribution in [0.25, 0.3) is 0 Å². The van der Waals surface area contributed by atoms with Gasteiger partial charge in [-0.25, -0.2) is 0 Å². The van der Waals surface area contributed by atoms with Crippen LogP contribution in [0, 0.1) is 12.8 Å². The number of alkyl halides is 3. The summed E-state index contributed by atoms with van der Waals surface area (Å²) in [5.74, 6) is -0.515. The van der Waals surface area contributed by atoms with Gasteiger partial charge in [-0.15, -0.1) is 0 Å². The minimum Gasteiger partial charge on any atom is -0.325 e. The van der Waals surface area contributed by atoms with Crippen molar-refractivity contribution in [2.75, 3.05) is 5.32 Å². The number of nitrogens with two attached hydrogens (primary N) is 1. The molecule has 0 heterocycles. The summed E-state index contributed by atoms with van der Waals surface area (Å²) in [5.41, 5.74) is 5.20. The van der Waals surface area contributed by atoms with E-state index in [-0.39, 0.29) is 17.2 Å². The fourth-order valence-corrected chi connectivity index (χ4v) is 1.74. The second-order valence-electron chi connectivity index (χ2n) is 4.93. The number of halogens is 3. The molecular weight excluding hydrogens is 269 g/mol. The third-order valence-corrected chi connectivity index (χ3v) is 3.37. The van der Waals surface area contributed by atoms with Crippen molar-refractivity contribution >= 4 is 11.6 Å². The zero-order valence-corrected chi connectivity index (χ0v) is 11.7. The van der Waals surface area contributed by atoms with Crippen molar-refractivity contribution < 1.29 is 18.0 Å². The van der Waals surface area contributed by atoms with Crippen LogP contribution in [0.5, 0.6) is 0 Å². The Kier molecular flexibility index (Phi) is 5.16. The van der Waals surface area contributed by atoms with E-state index < -0.39 is 23.7 Å². The third-order valence-electron chi connectivity index (χ3n) is 3.37. The van der Waals surface area contributed by atoms with Gasteiger partial charge in [0.1, 0.15) is 0 Å². The summed E-state index contributed by atoms with van der Waals surface area (Å²) in [7, 11) is 0. The topological polar surface area (TPSA) is 55.1 Å². The maximum atomic E-state index is 12.8. The van der Waals surface area contributed by atoms with Gasteiger partial charge in [-0.2, -0.15) is 13.2 Å². The molecule has 0 saturated heterocycles. The smallest absolute Gasteiger partial charge is 0.325 e. The van der Waals surface area contributed by atoms with Crippen LogP contribution in [0.2, 0.25) is 0 Å². The molecule has 2 atom stereocenters. The SMILES string of the molecule is CCC(C)C(N)C(=O)Nc1ccc(C)c(C(F)(F)F)c1. The van der Waals surface area contributed by atoms with Gasteiger partial charge in [0.15, 0.2) is 0 Å². The number of aryl methyl sites for hydroxylation is 1. The van der Waals surface area contributed by atoms with Gasteiger partial charge in [-0.1, -0.05) is 26.3 Å². The number of rotatable bonds is 4. The molecule has 0 spiro atoms. The zero-order valence-electron chi connectivity index (χ0n) is 11.7. The van der Waals surface area contributed by atoms with Crippen LogP contribution in [0.15, 0.2) is 18.2 Å². The summed E-state index contributed by atoms with van der Waals surface area (Å²) in [5, 5.41) is 2.43. The number of benzene rings is 1. The Hall–Kier alpha value is -1.56. The van der Waals surface area contributed by atoms with Gasteiger partial charge in [0.25, 0.3) is 0 Å². The number of hydrogen-bond acceptors (Lipinski definition) is 2. The van der Waals surface area contributed by atoms with E-state index in [2.05, 4.69) is 5.32 Å². The first kappa shape index (κ1) is 16.5. The Bertz CT molecular complexity index is 486. The molecule has 0 fully saturated rings. The van der Waals surface area contributed by atoms with Crippen LogP contribution >= 0.6 is 0 Å². The fourth-order valence-electron chi connectivity index (χ4n) is 1.74. The highest BCUT2D eigenvalue weighted by Gasteiger charge is 2.32. The Balaban J connectivity index is 2.92. The molecule has 0 saturated carbocycles. The second kappa shape index (κ2) is 6.26. The maximum absolute atomic E-state index is 12.8. The summed E-state index contributed by atoms with van der Waals surface area (Å²) in [6.45, 7) is 5.09. The second-order valence-corrected chi connectivity index (χ2v) is 4.93. The summed E-state index contributed by atoms with van der Waals surface area (Å²) >= 11 is 0. The number of amides is 1. The molecule has 20 heavy (non-hydrogen) atoms. The highest BCUT2D eigenvalue weighted by molar-refractivity contribution is 5.95. The normalized spacial score (nSPS) is 14.8. The highest BCUT2D eigenvalue weighted by Crippen LogP contribution is 2.33. The lowest BCUT2D eigenvalue weighted by Crippen LogP contribution is -2.40. The maximum Gasteiger partial charge on any atom is 0.416 e. The molecule has 3 N–H and O–H groups in total. The molecule has 0 bridgehead atoms. The minimum atomic E-state index is -4.44. The third kappa shape index (κ3) is 3.96. The molecule has 0 aromatic heterocycles. The number of anilines is 1. The van der Waals surface area contributed by atoms with E-state index >= 15 is 0 Å². The van der Waals surface area contributed by atoms with Crippen LogP contribution in [0.1, 0.15) is 31.4 Å². The molecule has 1 aromatic rings. The standard InChI is InChI=1S/C14H19F3N2O/c1-4-8(2)12(18)13(20)19-10-6-5-9(3)11(7-10)14(15,16)17/h5-8,12H,4,18H2,1-3H3,(H,19,20). The molecule has 1 aromatic carbocycles. The number of carbonyl (C=O) groups is 1. The van der Waals surface area contributed by atoms with Crippen molar-refractivity contribution in [2.24, 2.45) is 11.7 Å². The van der Waals surface area contributed by atoms with Crippen LogP contribution in [0.3, 0.4) is 0 Å². The molecule has 3 nitrogen and oxygen atoms in total. The van der Waals surface area contributed by atoms with Gasteiger partial charge in [-0.05, 0) is 30.5 Å². The van der Waals surface area contributed by atoms with Crippen molar-refractivity contribution in [3.8, 4) is 0 Å². The first-order valence-electron chi connectivity index (χ1n) is 6.41. The lowest BCUT2D eigenvalue weighted by molar-refractivity contribution is -0.138. The quantitative estimate of drug-likeness (QED) is 0.893. The Labute approximate surface area is 116 Å². The largest absolute Gasteiger partial charge is 0.416 e. The van der Waals surface area contributed by atoms with Crippen LogP contribution in [-0.4, -0.2) is 11.9 Å². The van der Waals surface area contributed by atoms with Crippen molar-refractivity contribution in [3.05, 3.63) is 29.3 Å². The molecule has 6 heteroatoms. The van der Waals surface area contributed by atoms with Crippen molar-refractivity contribution in [3.63, 3.8) is 0 Å². The summed E-state index contributed by atoms with van der Waals surface area (Å²) in [6.07, 6.45) is -3.72. The highest BCUT2D eigenvalue weighted by atomic mass is 19.4. The van der Waals surface area contributed by atoms with Gasteiger partial charge in [0, 0.05) is 5.69 Å². The molecule has 0 aliphatic rings. The van der Waals surface area contributed by atoms with Crippen LogP contribution in [-0.2, 0) is 11.0 Å². The lowest BCUT2D eigenvalue weighted by Gasteiger charge is -2.18. The van der Waals surface area contributed by atoms with Gasteiger partial charge in [0.2, 0.25) is 5.91 Å². The summed E-state index contributed by atoms with van der Waals surface area (Å²) in [6, 6.07) is 2.95. The van der Waals surface area contributed by atoms with Gasteiger partial charge >= 0.3 is 6.18 Å². The first-order valence-corrected chi connectivity index (χ1v) is 6.41. The number of hydrogen-bond donors (Lipinski definition) is 2. The lowest BCUT2D eigenvalue weighted by atomic mass is 9.99. The molecule has 1 amide bonds. The Morgan fingerprint density at radius 1 is 1.40 bits per heavy atom. The van der Waals surface area contributed by atoms with E-state index in [4.69, 9.17) is 5.73 Å². The predicted octanol–water partition coefficient (Wildman–Crippen LogP) is 3.33. The molecule has 0 radical (unpaired) electrons. The molecule has 0 aliphatic heterocycles. The van der Waals surface area contributed by atoms with Gasteiger partial charge < -0.3 is 11.1 Å². The number of nitrogens with one attached hydrogen (secondary N) is 1. The van der Waals surface area contributed by atoms with Crippen molar-refractivity contribution in [1.82, 2.24) is 0 Å². The van der Waals surface area contributed by atoms with Crippen molar-refractivity contribution in [1.29, 1.82) is 0 Å². The van der Waals surface area contributed by atoms with E-state index in [1.54, 1.807) is 0 Å². The van der Waals surface area contributed by atoms with Crippen molar-refractivity contribution in [2.45, 2.75) is 39.4 Å². The van der Waals surface area contributed by atoms with E-state index in [1.807, 2.05) is 13.8 Å². The molecule has 1 rings (SSSR count). The van der Waals surface area contributed by atoms with E-state index in [0.717, 1.165) is 12.5 Å². The van der Waals surface area contributed by atoms with Gasteiger partial charge in [-0.3, -0.25) is 4.79 Å². The van der Waals surface area contributed by atoms with Crippen LogP contribution < -0.4 is 11.1 Å². The summed E-state index contributed by atoms with van der Waals surface area (Å²) < 4.78 is 38.3. The minimum absolute atomic E-state index is 0.0393. The fraction of sp³-hybridized carbons (Fsp3) is 0.500. The average molecular weight is 288 g/mol. The van der Waals surface area contributed by atoms with E-state index in [0.29, 0.717) is 0 Å². The molecule has 2 unspecified atom stereocenters. The van der Waals surface area contributed by atoms with Gasteiger partial charge in [0.05, 0.1) is 11.6 Å². The first-order chi connectivity index (χ1) is 9.16. The Morgan fingerprint density at radius 3 is 2.50 bits per heavy atom. The monoisotopic (exact) mass is 288 g/mol. The van der Waals surface area contributed by atoms with E-state index in [9.17, 15) is 18.0 Å². The Morgan fingerprint density at radius 2 is 2.00 bits per heavy atom. The molecule has 112 valence electrons. The summed E-state index contributed by atoms with van der Waals surface area (Å²) in [4.78, 5) is 11.8. The number of carbonyl (C=O) groups excluding carboxylic acids is 1. The average Bonchev–Trinajstić information content (AvgIpc) is 2.37. The molecule has 0 aliphatic carbocycles. The zero-order chi connectivity index (χ0) is 15.5. The van der Waals surface area contributed by atoms with Crippen LogP contribution in [0.4, 0.5) is 18.9 Å². The predicted molar refractivity (Wildman–Crippen MR) is 72.2 cm³/mol. The molecular formula is C14H19F3N2O. The van der Waals surface area contributed by atoms with E-state index in [1.165, 1.54) is 19.1 Å².